The van der Waals surface area contributed by atoms with Crippen LogP contribution in [0.5, 0.6) is 0 Å². The van der Waals surface area contributed by atoms with Gasteiger partial charge in [-0.2, -0.15) is 0 Å². The molecule has 0 aromatic heterocycles. The second-order valence-electron chi connectivity index (χ2n) is 4.46. The second-order valence-corrected chi connectivity index (χ2v) is 4.46. The first-order valence-corrected chi connectivity index (χ1v) is 6.07. The van der Waals surface area contributed by atoms with Crippen molar-refractivity contribution in [2.45, 2.75) is 65.0 Å². The molecule has 0 bridgehead atoms. The minimum absolute atomic E-state index is 0.399. The Morgan fingerprint density at radius 3 is 2.14 bits per heavy atom. The number of rotatable bonds is 8. The highest BCUT2D eigenvalue weighted by atomic mass is 15.1. The van der Waals surface area contributed by atoms with E-state index in [9.17, 15) is 0 Å². The maximum atomic E-state index is 5.98. The molecule has 0 aromatic carbocycles. The number of hydrogen-bond acceptors (Lipinski definition) is 2. The van der Waals surface area contributed by atoms with Crippen LogP contribution in [0.2, 0.25) is 0 Å². The van der Waals surface area contributed by atoms with E-state index >= 15 is 0 Å². The van der Waals surface area contributed by atoms with Gasteiger partial charge in [-0.15, -0.1) is 0 Å². The van der Waals surface area contributed by atoms with Gasteiger partial charge in [-0.25, -0.2) is 0 Å². The molecular weight excluding hydrogens is 172 g/mol. The van der Waals surface area contributed by atoms with Crippen LogP contribution < -0.4 is 5.73 Å². The third kappa shape index (κ3) is 6.39. The minimum Gasteiger partial charge on any atom is -0.328 e. The van der Waals surface area contributed by atoms with Crippen molar-refractivity contribution in [2.75, 3.05) is 13.6 Å². The van der Waals surface area contributed by atoms with Gasteiger partial charge in [0, 0.05) is 12.1 Å². The first-order chi connectivity index (χ1) is 6.61. The number of nitrogens with two attached hydrogens (primary N) is 1. The molecule has 0 saturated heterocycles. The molecule has 0 fully saturated rings. The smallest absolute Gasteiger partial charge is 0.00637 e. The maximum Gasteiger partial charge on any atom is 0.00637 e. The van der Waals surface area contributed by atoms with Crippen molar-refractivity contribution in [3.8, 4) is 0 Å². The fraction of sp³-hybridized carbons (Fsp3) is 1.00. The van der Waals surface area contributed by atoms with E-state index in [1.165, 1.54) is 19.3 Å². The first-order valence-electron chi connectivity index (χ1n) is 6.07. The molecule has 2 nitrogen and oxygen atoms in total. The molecule has 2 heteroatoms. The van der Waals surface area contributed by atoms with Crippen LogP contribution in [0.15, 0.2) is 0 Å². The topological polar surface area (TPSA) is 29.3 Å². The molecule has 0 spiro atoms. The highest BCUT2D eigenvalue weighted by Crippen LogP contribution is 2.06. The third-order valence-electron chi connectivity index (χ3n) is 2.97. The van der Waals surface area contributed by atoms with Crippen molar-refractivity contribution in [1.29, 1.82) is 0 Å². The average Bonchev–Trinajstić information content (AvgIpc) is 2.15. The van der Waals surface area contributed by atoms with Gasteiger partial charge in [0.1, 0.15) is 0 Å². The number of nitrogens with zero attached hydrogens (tertiary/aromatic N) is 1. The van der Waals surface area contributed by atoms with Crippen LogP contribution >= 0.6 is 0 Å². The van der Waals surface area contributed by atoms with Crippen LogP contribution in [0.1, 0.15) is 52.9 Å². The molecular formula is C12H28N2. The van der Waals surface area contributed by atoms with Gasteiger partial charge in [0.05, 0.1) is 0 Å². The van der Waals surface area contributed by atoms with Crippen LogP contribution in [-0.4, -0.2) is 30.6 Å². The summed E-state index contributed by atoms with van der Waals surface area (Å²) >= 11 is 0. The molecule has 0 aliphatic heterocycles. The summed E-state index contributed by atoms with van der Waals surface area (Å²) in [6.07, 6.45) is 6.07. The lowest BCUT2D eigenvalue weighted by Gasteiger charge is -2.25. The Labute approximate surface area is 89.9 Å². The molecule has 0 saturated carbocycles. The maximum absolute atomic E-state index is 5.98. The Bertz CT molecular complexity index is 125. The molecule has 86 valence electrons. The van der Waals surface area contributed by atoms with Crippen molar-refractivity contribution < 1.29 is 0 Å². The molecule has 14 heavy (non-hydrogen) atoms. The van der Waals surface area contributed by atoms with Crippen LogP contribution in [0, 0.1) is 0 Å². The van der Waals surface area contributed by atoms with Crippen molar-refractivity contribution in [3.05, 3.63) is 0 Å². The van der Waals surface area contributed by atoms with E-state index in [1.54, 1.807) is 0 Å². The molecule has 0 heterocycles. The quantitative estimate of drug-likeness (QED) is 0.652. The summed E-state index contributed by atoms with van der Waals surface area (Å²) in [5, 5.41) is 0. The van der Waals surface area contributed by atoms with Gasteiger partial charge in [0.2, 0.25) is 0 Å². The van der Waals surface area contributed by atoms with E-state index in [0.717, 1.165) is 19.4 Å². The van der Waals surface area contributed by atoms with E-state index in [0.29, 0.717) is 12.1 Å². The van der Waals surface area contributed by atoms with Crippen LogP contribution in [0.3, 0.4) is 0 Å². The Hall–Kier alpha value is -0.0800. The van der Waals surface area contributed by atoms with Gasteiger partial charge in [-0.1, -0.05) is 26.7 Å². The van der Waals surface area contributed by atoms with E-state index in [4.69, 9.17) is 5.73 Å². The van der Waals surface area contributed by atoms with Crippen LogP contribution in [-0.2, 0) is 0 Å². The normalized spacial score (nSPS) is 15.9. The molecule has 0 aliphatic carbocycles. The zero-order valence-corrected chi connectivity index (χ0v) is 10.4. The van der Waals surface area contributed by atoms with Gasteiger partial charge in [0.25, 0.3) is 0 Å². The van der Waals surface area contributed by atoms with Crippen molar-refractivity contribution in [2.24, 2.45) is 5.73 Å². The molecule has 0 amide bonds. The lowest BCUT2D eigenvalue weighted by atomic mass is 10.1. The van der Waals surface area contributed by atoms with Gasteiger partial charge in [-0.05, 0) is 39.8 Å². The van der Waals surface area contributed by atoms with Gasteiger partial charge < -0.3 is 10.6 Å². The Morgan fingerprint density at radius 2 is 1.64 bits per heavy atom. The van der Waals surface area contributed by atoms with Gasteiger partial charge >= 0.3 is 0 Å². The number of hydrogen-bond donors (Lipinski definition) is 1. The highest BCUT2D eigenvalue weighted by molar-refractivity contribution is 4.67. The summed E-state index contributed by atoms with van der Waals surface area (Å²) in [5.74, 6) is 0. The molecule has 0 radical (unpaired) electrons. The lowest BCUT2D eigenvalue weighted by Crippen LogP contribution is -2.33. The molecule has 0 aromatic rings. The van der Waals surface area contributed by atoms with Gasteiger partial charge in [0.15, 0.2) is 0 Å². The Balaban J connectivity index is 3.56. The zero-order valence-electron chi connectivity index (χ0n) is 10.4. The summed E-state index contributed by atoms with van der Waals surface area (Å²) in [6.45, 7) is 7.88. The van der Waals surface area contributed by atoms with Crippen molar-refractivity contribution in [1.82, 2.24) is 4.90 Å². The molecule has 0 aliphatic rings. The third-order valence-corrected chi connectivity index (χ3v) is 2.97. The monoisotopic (exact) mass is 200 g/mol. The fourth-order valence-electron chi connectivity index (χ4n) is 1.74. The molecule has 2 N–H and O–H groups in total. The molecule has 2 atom stereocenters. The summed E-state index contributed by atoms with van der Waals surface area (Å²) in [5.41, 5.74) is 5.98. The standard InChI is InChI=1S/C12H28N2/c1-5-7-11(3)14(4)10-9-12(13)8-6-2/h11-12H,5-10,13H2,1-4H3. The average molecular weight is 200 g/mol. The predicted octanol–water partition coefficient (Wildman–Crippen LogP) is 2.62. The molecule has 0 rings (SSSR count). The highest BCUT2D eigenvalue weighted by Gasteiger charge is 2.09. The first kappa shape index (κ1) is 13.9. The summed E-state index contributed by atoms with van der Waals surface area (Å²) < 4.78 is 0. The Morgan fingerprint density at radius 1 is 1.07 bits per heavy atom. The Kier molecular flexibility index (Phi) is 8.20. The minimum atomic E-state index is 0.399. The summed E-state index contributed by atoms with van der Waals surface area (Å²) in [4.78, 5) is 2.43. The summed E-state index contributed by atoms with van der Waals surface area (Å²) in [7, 11) is 2.21. The van der Waals surface area contributed by atoms with E-state index < -0.39 is 0 Å². The van der Waals surface area contributed by atoms with Crippen LogP contribution in [0.25, 0.3) is 0 Å². The lowest BCUT2D eigenvalue weighted by molar-refractivity contribution is 0.235. The van der Waals surface area contributed by atoms with Crippen molar-refractivity contribution in [3.63, 3.8) is 0 Å². The van der Waals surface area contributed by atoms with E-state index in [2.05, 4.69) is 32.7 Å². The van der Waals surface area contributed by atoms with Gasteiger partial charge in [-0.3, -0.25) is 0 Å². The zero-order chi connectivity index (χ0) is 11.0. The predicted molar refractivity (Wildman–Crippen MR) is 64.5 cm³/mol. The van der Waals surface area contributed by atoms with E-state index in [-0.39, 0.29) is 0 Å². The van der Waals surface area contributed by atoms with E-state index in [1.807, 2.05) is 0 Å². The largest absolute Gasteiger partial charge is 0.328 e. The molecule has 2 unspecified atom stereocenters. The van der Waals surface area contributed by atoms with Crippen molar-refractivity contribution >= 4 is 0 Å². The second kappa shape index (κ2) is 8.25. The fourth-order valence-corrected chi connectivity index (χ4v) is 1.74. The SMILES string of the molecule is CCCC(N)CCN(C)C(C)CCC. The van der Waals surface area contributed by atoms with Crippen LogP contribution in [0.4, 0.5) is 0 Å². The summed E-state index contributed by atoms with van der Waals surface area (Å²) in [6, 6.07) is 1.10.